The zero-order valence-corrected chi connectivity index (χ0v) is 15.6. The van der Waals surface area contributed by atoms with Crippen LogP contribution in [0.15, 0.2) is 89.8 Å². The third-order valence-corrected chi connectivity index (χ3v) is 6.53. The Kier molecular flexibility index (Phi) is 4.61. The fraction of sp³-hybridized carbons (Fsp3) is 0.100. The van der Waals surface area contributed by atoms with Crippen LogP contribution in [-0.2, 0) is 14.2 Å². The van der Waals surface area contributed by atoms with Crippen molar-refractivity contribution in [3.05, 3.63) is 102 Å². The fourth-order valence-corrected chi connectivity index (χ4v) is 4.19. The van der Waals surface area contributed by atoms with Gasteiger partial charge < -0.3 is 0 Å². The lowest BCUT2D eigenvalue weighted by Gasteiger charge is -2.29. The number of alkyl halides is 1. The topological polar surface area (TPSA) is 34.1 Å². The van der Waals surface area contributed by atoms with E-state index >= 15 is 0 Å². The first-order valence-electron chi connectivity index (χ1n) is 7.53. The number of hydrogen-bond donors (Lipinski definition) is 0. The van der Waals surface area contributed by atoms with Gasteiger partial charge in [0.1, 0.15) is 4.32 Å². The first-order chi connectivity index (χ1) is 11.4. The SMILES string of the molecule is CS(=O)(=O)c1ccc(C(Br)(c2ccccc2)c2ccccc2)cc1. The van der Waals surface area contributed by atoms with Crippen molar-refractivity contribution in [2.75, 3.05) is 6.26 Å². The Morgan fingerprint density at radius 3 is 1.42 bits per heavy atom. The summed E-state index contributed by atoms with van der Waals surface area (Å²) in [5.74, 6) is 0. The Morgan fingerprint density at radius 1 is 0.667 bits per heavy atom. The van der Waals surface area contributed by atoms with Gasteiger partial charge in [-0.25, -0.2) is 8.42 Å². The van der Waals surface area contributed by atoms with Gasteiger partial charge in [0.05, 0.1) is 4.90 Å². The van der Waals surface area contributed by atoms with E-state index in [9.17, 15) is 8.42 Å². The molecule has 0 amide bonds. The molecule has 0 N–H and O–H groups in total. The van der Waals surface area contributed by atoms with E-state index in [1.54, 1.807) is 12.1 Å². The van der Waals surface area contributed by atoms with Crippen LogP contribution >= 0.6 is 15.9 Å². The van der Waals surface area contributed by atoms with E-state index in [0.717, 1.165) is 16.7 Å². The molecule has 4 heteroatoms. The van der Waals surface area contributed by atoms with E-state index in [2.05, 4.69) is 40.2 Å². The zero-order chi connectivity index (χ0) is 17.2. The maximum Gasteiger partial charge on any atom is 0.175 e. The quantitative estimate of drug-likeness (QED) is 0.466. The van der Waals surface area contributed by atoms with E-state index in [-0.39, 0.29) is 0 Å². The van der Waals surface area contributed by atoms with Crippen LogP contribution in [0.4, 0.5) is 0 Å². The molecule has 0 atom stereocenters. The standard InChI is InChI=1S/C20H17BrO2S/c1-24(22,23)19-14-12-18(13-15-19)20(21,16-8-4-2-5-9-16)17-10-6-3-7-11-17/h2-15H,1H3. The maximum absolute atomic E-state index is 11.7. The van der Waals surface area contributed by atoms with Crippen LogP contribution in [0.25, 0.3) is 0 Å². The molecule has 0 radical (unpaired) electrons. The molecule has 0 saturated carbocycles. The Morgan fingerprint density at radius 2 is 1.04 bits per heavy atom. The van der Waals surface area contributed by atoms with Crippen LogP contribution in [0.5, 0.6) is 0 Å². The Balaban J connectivity index is 2.20. The van der Waals surface area contributed by atoms with Crippen molar-refractivity contribution in [2.24, 2.45) is 0 Å². The zero-order valence-electron chi connectivity index (χ0n) is 13.2. The molecule has 3 rings (SSSR count). The lowest BCUT2D eigenvalue weighted by Crippen LogP contribution is -2.21. The Hall–Kier alpha value is -1.91. The number of sulfone groups is 1. The van der Waals surface area contributed by atoms with Crippen LogP contribution in [-0.4, -0.2) is 14.7 Å². The molecule has 2 nitrogen and oxygen atoms in total. The van der Waals surface area contributed by atoms with Crippen molar-refractivity contribution >= 4 is 25.8 Å². The highest BCUT2D eigenvalue weighted by molar-refractivity contribution is 9.10. The number of rotatable bonds is 4. The second-order valence-electron chi connectivity index (χ2n) is 5.69. The smallest absolute Gasteiger partial charge is 0.175 e. The van der Waals surface area contributed by atoms with Crippen molar-refractivity contribution < 1.29 is 8.42 Å². The summed E-state index contributed by atoms with van der Waals surface area (Å²) in [5, 5.41) is 0. The Bertz CT molecular complexity index is 879. The number of hydrogen-bond acceptors (Lipinski definition) is 2. The van der Waals surface area contributed by atoms with Crippen LogP contribution < -0.4 is 0 Å². The maximum atomic E-state index is 11.7. The summed E-state index contributed by atoms with van der Waals surface area (Å²) in [7, 11) is -3.21. The summed E-state index contributed by atoms with van der Waals surface area (Å²) >= 11 is 3.94. The van der Waals surface area contributed by atoms with Crippen LogP contribution in [0, 0.1) is 0 Å². The number of halogens is 1. The molecular formula is C20H17BrO2S. The van der Waals surface area contributed by atoms with Crippen LogP contribution in [0.1, 0.15) is 16.7 Å². The predicted octanol–water partition coefficient (Wildman–Crippen LogP) is 4.78. The highest BCUT2D eigenvalue weighted by Crippen LogP contribution is 2.44. The molecule has 0 heterocycles. The van der Waals surface area contributed by atoms with Gasteiger partial charge in [-0.3, -0.25) is 0 Å². The molecule has 0 unspecified atom stereocenters. The molecule has 0 saturated heterocycles. The molecule has 3 aromatic carbocycles. The molecule has 0 aliphatic heterocycles. The van der Waals surface area contributed by atoms with Crippen molar-refractivity contribution in [1.82, 2.24) is 0 Å². The highest BCUT2D eigenvalue weighted by Gasteiger charge is 2.33. The molecule has 0 spiro atoms. The van der Waals surface area contributed by atoms with Gasteiger partial charge in [-0.15, -0.1) is 0 Å². The van der Waals surface area contributed by atoms with Crippen molar-refractivity contribution in [2.45, 2.75) is 9.22 Å². The molecular weight excluding hydrogens is 384 g/mol. The molecule has 24 heavy (non-hydrogen) atoms. The fourth-order valence-electron chi connectivity index (χ4n) is 2.77. The predicted molar refractivity (Wildman–Crippen MR) is 101 cm³/mol. The monoisotopic (exact) mass is 400 g/mol. The van der Waals surface area contributed by atoms with Crippen molar-refractivity contribution in [3.8, 4) is 0 Å². The van der Waals surface area contributed by atoms with E-state index in [1.165, 1.54) is 6.26 Å². The molecule has 0 fully saturated rings. The first-order valence-corrected chi connectivity index (χ1v) is 10.2. The molecule has 0 aliphatic carbocycles. The summed E-state index contributed by atoms with van der Waals surface area (Å²) in [6.07, 6.45) is 1.22. The average Bonchev–Trinajstić information content (AvgIpc) is 2.62. The molecule has 0 bridgehead atoms. The third kappa shape index (κ3) is 3.17. The van der Waals surface area contributed by atoms with Gasteiger partial charge in [0.25, 0.3) is 0 Å². The average molecular weight is 401 g/mol. The summed E-state index contributed by atoms with van der Waals surface area (Å²) in [4.78, 5) is 0.322. The summed E-state index contributed by atoms with van der Waals surface area (Å²) in [5.41, 5.74) is 3.15. The summed E-state index contributed by atoms with van der Waals surface area (Å²) < 4.78 is 22.9. The number of benzene rings is 3. The van der Waals surface area contributed by atoms with Gasteiger partial charge in [0, 0.05) is 6.26 Å². The lowest BCUT2D eigenvalue weighted by atomic mass is 9.85. The minimum atomic E-state index is -3.21. The van der Waals surface area contributed by atoms with E-state index in [0.29, 0.717) is 4.90 Å². The van der Waals surface area contributed by atoms with Crippen LogP contribution in [0.3, 0.4) is 0 Å². The largest absolute Gasteiger partial charge is 0.224 e. The third-order valence-electron chi connectivity index (χ3n) is 4.02. The van der Waals surface area contributed by atoms with Gasteiger partial charge in [-0.05, 0) is 28.8 Å². The summed E-state index contributed by atoms with van der Waals surface area (Å²) in [6.45, 7) is 0. The molecule has 0 aromatic heterocycles. The van der Waals surface area contributed by atoms with E-state index in [4.69, 9.17) is 0 Å². The molecule has 0 aliphatic rings. The second-order valence-corrected chi connectivity index (χ2v) is 8.89. The van der Waals surface area contributed by atoms with Crippen molar-refractivity contribution in [3.63, 3.8) is 0 Å². The normalized spacial score (nSPS) is 12.1. The van der Waals surface area contributed by atoms with E-state index in [1.807, 2.05) is 48.5 Å². The van der Waals surface area contributed by atoms with Gasteiger partial charge in [0.15, 0.2) is 9.84 Å². The first kappa shape index (κ1) is 16.9. The van der Waals surface area contributed by atoms with Crippen molar-refractivity contribution in [1.29, 1.82) is 0 Å². The lowest BCUT2D eigenvalue weighted by molar-refractivity contribution is 0.602. The Labute approximate surface area is 151 Å². The van der Waals surface area contributed by atoms with Crippen LogP contribution in [0.2, 0.25) is 0 Å². The second kappa shape index (κ2) is 6.54. The van der Waals surface area contributed by atoms with Gasteiger partial charge in [0.2, 0.25) is 0 Å². The molecule has 3 aromatic rings. The van der Waals surface area contributed by atoms with E-state index < -0.39 is 14.2 Å². The van der Waals surface area contributed by atoms with Gasteiger partial charge in [-0.1, -0.05) is 88.7 Å². The minimum absolute atomic E-state index is 0.322. The summed E-state index contributed by atoms with van der Waals surface area (Å²) in [6, 6.07) is 27.3. The molecule has 122 valence electrons. The minimum Gasteiger partial charge on any atom is -0.224 e. The van der Waals surface area contributed by atoms with Gasteiger partial charge >= 0.3 is 0 Å². The van der Waals surface area contributed by atoms with Gasteiger partial charge in [-0.2, -0.15) is 0 Å². The highest BCUT2D eigenvalue weighted by atomic mass is 79.9.